The van der Waals surface area contributed by atoms with E-state index in [9.17, 15) is 14.3 Å². The van der Waals surface area contributed by atoms with Crippen molar-refractivity contribution in [1.29, 1.82) is 0 Å². The number of hydrogen-bond donors (Lipinski definition) is 1. The Morgan fingerprint density at radius 3 is 3.04 bits per heavy atom. The highest BCUT2D eigenvalue weighted by atomic mass is 19.1. The van der Waals surface area contributed by atoms with Crippen molar-refractivity contribution >= 4 is 5.91 Å². The third kappa shape index (κ3) is 2.96. The summed E-state index contributed by atoms with van der Waals surface area (Å²) in [5, 5.41) is 17.7. The molecule has 8 nitrogen and oxygen atoms in total. The average molecular weight is 348 g/mol. The first-order valence-electron chi connectivity index (χ1n) is 8.00. The zero-order valence-electron chi connectivity index (χ0n) is 13.3. The molecular formula is C16H17FN4O4. The van der Waals surface area contributed by atoms with Gasteiger partial charge in [-0.15, -0.1) is 5.10 Å². The number of fused-ring (bicyclic) bond motifs is 1. The summed E-state index contributed by atoms with van der Waals surface area (Å²) in [6, 6.07) is 4.24. The van der Waals surface area contributed by atoms with Crippen molar-refractivity contribution in [1.82, 2.24) is 19.9 Å². The maximum Gasteiger partial charge on any atom is 0.276 e. The summed E-state index contributed by atoms with van der Waals surface area (Å²) >= 11 is 0. The Balaban J connectivity index is 1.55. The molecule has 0 aliphatic carbocycles. The van der Waals surface area contributed by atoms with Gasteiger partial charge in [0.2, 0.25) is 0 Å². The van der Waals surface area contributed by atoms with E-state index in [0.717, 1.165) is 0 Å². The molecule has 0 radical (unpaired) electrons. The molecule has 1 amide bonds. The minimum atomic E-state index is -0.683. The number of amides is 1. The van der Waals surface area contributed by atoms with Crippen LogP contribution in [0, 0.1) is 5.82 Å². The number of benzene rings is 1. The predicted octanol–water partition coefficient (Wildman–Crippen LogP) is 0.384. The number of halogens is 1. The van der Waals surface area contributed by atoms with Crippen LogP contribution in [0.15, 0.2) is 24.4 Å². The van der Waals surface area contributed by atoms with Crippen LogP contribution in [0.5, 0.6) is 5.75 Å². The number of aliphatic hydroxyl groups excluding tert-OH is 1. The summed E-state index contributed by atoms with van der Waals surface area (Å²) in [5.41, 5.74) is 0.485. The smallest absolute Gasteiger partial charge is 0.276 e. The fourth-order valence-corrected chi connectivity index (χ4v) is 3.02. The van der Waals surface area contributed by atoms with Gasteiger partial charge in [0.1, 0.15) is 30.3 Å². The molecule has 1 aromatic carbocycles. The van der Waals surface area contributed by atoms with E-state index in [-0.39, 0.29) is 37.4 Å². The third-order valence-electron chi connectivity index (χ3n) is 4.42. The van der Waals surface area contributed by atoms with Crippen molar-refractivity contribution in [2.75, 3.05) is 26.4 Å². The normalized spacial score (nSPS) is 23.0. The van der Waals surface area contributed by atoms with E-state index in [2.05, 4.69) is 10.3 Å². The summed E-state index contributed by atoms with van der Waals surface area (Å²) in [4.78, 5) is 14.2. The van der Waals surface area contributed by atoms with Gasteiger partial charge in [-0.25, -0.2) is 9.07 Å². The Morgan fingerprint density at radius 1 is 1.36 bits per heavy atom. The Hall–Kier alpha value is -2.52. The lowest BCUT2D eigenvalue weighted by Crippen LogP contribution is -2.33. The largest absolute Gasteiger partial charge is 0.491 e. The quantitative estimate of drug-likeness (QED) is 0.844. The zero-order valence-corrected chi connectivity index (χ0v) is 13.3. The highest BCUT2D eigenvalue weighted by molar-refractivity contribution is 5.92. The van der Waals surface area contributed by atoms with Crippen LogP contribution in [0.1, 0.15) is 22.1 Å². The SMILES string of the molecule is O=C(c1cn([C@@H]2COC[C@H]2O)nn1)N1CCOc2cccc(F)c2C1. The van der Waals surface area contributed by atoms with E-state index in [0.29, 0.717) is 24.5 Å². The summed E-state index contributed by atoms with van der Waals surface area (Å²) in [5.74, 6) is -0.323. The summed E-state index contributed by atoms with van der Waals surface area (Å²) in [6.07, 6.45) is 0.802. The van der Waals surface area contributed by atoms with Gasteiger partial charge in [-0.05, 0) is 12.1 Å². The van der Waals surface area contributed by atoms with Gasteiger partial charge < -0.3 is 19.5 Å². The Labute approximate surface area is 142 Å². The minimum Gasteiger partial charge on any atom is -0.491 e. The van der Waals surface area contributed by atoms with Gasteiger partial charge in [0.25, 0.3) is 5.91 Å². The van der Waals surface area contributed by atoms with Crippen LogP contribution in [0.3, 0.4) is 0 Å². The molecule has 132 valence electrons. The highest BCUT2D eigenvalue weighted by Crippen LogP contribution is 2.26. The van der Waals surface area contributed by atoms with Crippen LogP contribution < -0.4 is 4.74 Å². The molecule has 1 N–H and O–H groups in total. The van der Waals surface area contributed by atoms with E-state index < -0.39 is 11.9 Å². The maximum atomic E-state index is 14.1. The number of rotatable bonds is 2. The van der Waals surface area contributed by atoms with Crippen molar-refractivity contribution in [2.45, 2.75) is 18.7 Å². The first kappa shape index (κ1) is 16.0. The first-order valence-corrected chi connectivity index (χ1v) is 8.00. The second kappa shape index (κ2) is 6.41. The molecule has 2 aliphatic heterocycles. The van der Waals surface area contributed by atoms with E-state index in [1.54, 1.807) is 12.1 Å². The molecule has 0 bridgehead atoms. The van der Waals surface area contributed by atoms with Gasteiger partial charge in [-0.2, -0.15) is 0 Å². The van der Waals surface area contributed by atoms with Crippen molar-refractivity contribution in [3.05, 3.63) is 41.5 Å². The van der Waals surface area contributed by atoms with Gasteiger partial charge in [0, 0.05) is 5.56 Å². The molecule has 0 unspecified atom stereocenters. The molecule has 25 heavy (non-hydrogen) atoms. The van der Waals surface area contributed by atoms with E-state index in [4.69, 9.17) is 9.47 Å². The summed E-state index contributed by atoms with van der Waals surface area (Å²) < 4.78 is 26.2. The Bertz CT molecular complexity index is 796. The molecular weight excluding hydrogens is 331 g/mol. The summed E-state index contributed by atoms with van der Waals surface area (Å²) in [7, 11) is 0. The molecule has 1 saturated heterocycles. The molecule has 4 rings (SSSR count). The monoisotopic (exact) mass is 348 g/mol. The minimum absolute atomic E-state index is 0.100. The van der Waals surface area contributed by atoms with Crippen molar-refractivity contribution < 1.29 is 23.8 Å². The lowest BCUT2D eigenvalue weighted by molar-refractivity contribution is 0.0726. The van der Waals surface area contributed by atoms with E-state index >= 15 is 0 Å². The van der Waals surface area contributed by atoms with Gasteiger partial charge in [0.05, 0.1) is 32.5 Å². The van der Waals surface area contributed by atoms with Crippen molar-refractivity contribution in [3.8, 4) is 5.75 Å². The molecule has 2 aromatic rings. The van der Waals surface area contributed by atoms with E-state index in [1.807, 2.05) is 0 Å². The second-order valence-corrected chi connectivity index (χ2v) is 6.05. The highest BCUT2D eigenvalue weighted by Gasteiger charge is 2.31. The number of ether oxygens (including phenoxy) is 2. The second-order valence-electron chi connectivity index (χ2n) is 6.05. The molecule has 9 heteroatoms. The number of hydrogen-bond acceptors (Lipinski definition) is 6. The lowest BCUT2D eigenvalue weighted by Gasteiger charge is -2.18. The van der Waals surface area contributed by atoms with Crippen LogP contribution in [-0.4, -0.2) is 63.4 Å². The summed E-state index contributed by atoms with van der Waals surface area (Å²) in [6.45, 7) is 1.23. The first-order chi connectivity index (χ1) is 12.1. The fraction of sp³-hybridized carbons (Fsp3) is 0.438. The fourth-order valence-electron chi connectivity index (χ4n) is 3.02. The number of aromatic nitrogens is 3. The number of aliphatic hydroxyl groups is 1. The molecule has 3 heterocycles. The van der Waals surface area contributed by atoms with Crippen molar-refractivity contribution in [2.24, 2.45) is 0 Å². The molecule has 2 aliphatic rings. The van der Waals surface area contributed by atoms with Gasteiger partial charge in [-0.3, -0.25) is 4.79 Å². The number of carbonyl (C=O) groups is 1. The standard InChI is InChI=1S/C16H17FN4O4/c17-11-2-1-3-15-10(11)6-20(4-5-25-15)16(23)12-7-21(19-18-12)13-8-24-9-14(13)22/h1-3,7,13-14,22H,4-6,8-9H2/t13-,14-/m1/s1. The van der Waals surface area contributed by atoms with E-state index in [1.165, 1.54) is 21.8 Å². The lowest BCUT2D eigenvalue weighted by atomic mass is 10.1. The van der Waals surface area contributed by atoms with Crippen LogP contribution in [-0.2, 0) is 11.3 Å². The predicted molar refractivity (Wildman–Crippen MR) is 82.5 cm³/mol. The average Bonchev–Trinajstić information content (AvgIpc) is 3.18. The zero-order chi connectivity index (χ0) is 17.4. The van der Waals surface area contributed by atoms with Crippen LogP contribution >= 0.6 is 0 Å². The van der Waals surface area contributed by atoms with Gasteiger partial charge in [-0.1, -0.05) is 11.3 Å². The van der Waals surface area contributed by atoms with Crippen LogP contribution in [0.4, 0.5) is 4.39 Å². The molecule has 2 atom stereocenters. The Kier molecular flexibility index (Phi) is 4.10. The Morgan fingerprint density at radius 2 is 2.24 bits per heavy atom. The third-order valence-corrected chi connectivity index (χ3v) is 4.42. The number of nitrogens with zero attached hydrogens (tertiary/aromatic N) is 4. The van der Waals surface area contributed by atoms with Gasteiger partial charge >= 0.3 is 0 Å². The van der Waals surface area contributed by atoms with Crippen LogP contribution in [0.2, 0.25) is 0 Å². The molecule has 0 saturated carbocycles. The number of carbonyl (C=O) groups excluding carboxylic acids is 1. The van der Waals surface area contributed by atoms with Gasteiger partial charge in [0.15, 0.2) is 5.69 Å². The van der Waals surface area contributed by atoms with Crippen molar-refractivity contribution in [3.63, 3.8) is 0 Å². The molecule has 0 spiro atoms. The molecule has 1 fully saturated rings. The topological polar surface area (TPSA) is 89.7 Å². The molecule has 1 aromatic heterocycles. The maximum absolute atomic E-state index is 14.1. The van der Waals surface area contributed by atoms with Crippen LogP contribution in [0.25, 0.3) is 0 Å².